The third kappa shape index (κ3) is 6.86. The number of carbonyl (C=O) groups excluding carboxylic acids is 1. The van der Waals surface area contributed by atoms with Crippen molar-refractivity contribution in [2.75, 3.05) is 11.3 Å². The van der Waals surface area contributed by atoms with Crippen molar-refractivity contribution in [3.05, 3.63) is 60.2 Å². The number of benzene rings is 2. The van der Waals surface area contributed by atoms with Crippen molar-refractivity contribution in [3.63, 3.8) is 0 Å². The zero-order valence-corrected chi connectivity index (χ0v) is 17.0. The van der Waals surface area contributed by atoms with E-state index >= 15 is 0 Å². The molecule has 0 spiro atoms. The summed E-state index contributed by atoms with van der Waals surface area (Å²) in [4.78, 5) is 12.5. The molecule has 0 aromatic heterocycles. The van der Waals surface area contributed by atoms with Crippen LogP contribution in [0.2, 0.25) is 0 Å². The van der Waals surface area contributed by atoms with E-state index in [4.69, 9.17) is 5.73 Å². The predicted molar refractivity (Wildman–Crippen MR) is 111 cm³/mol. The van der Waals surface area contributed by atoms with E-state index in [-0.39, 0.29) is 29.3 Å². The minimum Gasteiger partial charge on any atom is -0.348 e. The number of hydrogen-bond donors (Lipinski definition) is 3. The van der Waals surface area contributed by atoms with Gasteiger partial charge in [-0.15, -0.1) is 12.4 Å². The number of rotatable bonds is 8. The summed E-state index contributed by atoms with van der Waals surface area (Å²) in [5, 5.41) is 2.91. The van der Waals surface area contributed by atoms with Crippen molar-refractivity contribution in [1.82, 2.24) is 5.32 Å². The third-order valence-electron chi connectivity index (χ3n) is 3.83. The number of anilines is 1. The van der Waals surface area contributed by atoms with Crippen LogP contribution in [0.5, 0.6) is 0 Å². The van der Waals surface area contributed by atoms with Crippen LogP contribution in [0.3, 0.4) is 0 Å². The summed E-state index contributed by atoms with van der Waals surface area (Å²) in [6.45, 7) is 4.52. The Morgan fingerprint density at radius 2 is 1.63 bits per heavy atom. The lowest BCUT2D eigenvalue weighted by molar-refractivity contribution is 0.0934. The Morgan fingerprint density at radius 3 is 2.15 bits per heavy atom. The average Bonchev–Trinajstić information content (AvgIpc) is 2.61. The van der Waals surface area contributed by atoms with Crippen LogP contribution < -0.4 is 15.8 Å². The fourth-order valence-corrected chi connectivity index (χ4v) is 3.63. The normalized spacial score (nSPS) is 12.1. The van der Waals surface area contributed by atoms with Gasteiger partial charge in [0.2, 0.25) is 0 Å². The Kier molecular flexibility index (Phi) is 8.75. The Hall–Kier alpha value is -2.09. The molecule has 0 bridgehead atoms. The number of sulfonamides is 1. The molecule has 2 aromatic carbocycles. The number of hydrogen-bond acceptors (Lipinski definition) is 4. The van der Waals surface area contributed by atoms with Crippen LogP contribution in [0.15, 0.2) is 59.5 Å². The average molecular weight is 412 g/mol. The van der Waals surface area contributed by atoms with E-state index in [1.807, 2.05) is 0 Å². The second kappa shape index (κ2) is 10.3. The van der Waals surface area contributed by atoms with Crippen molar-refractivity contribution in [2.45, 2.75) is 31.2 Å². The first-order valence-corrected chi connectivity index (χ1v) is 9.99. The van der Waals surface area contributed by atoms with Gasteiger partial charge in [0, 0.05) is 23.8 Å². The van der Waals surface area contributed by atoms with Crippen molar-refractivity contribution in [1.29, 1.82) is 0 Å². The van der Waals surface area contributed by atoms with Crippen LogP contribution in [0, 0.1) is 5.92 Å². The Balaban J connectivity index is 0.00000364. The summed E-state index contributed by atoms with van der Waals surface area (Å²) in [5.74, 6) is 0.206. The highest BCUT2D eigenvalue weighted by Crippen LogP contribution is 2.16. The van der Waals surface area contributed by atoms with Crippen LogP contribution in [0.4, 0.5) is 5.69 Å². The quantitative estimate of drug-likeness (QED) is 0.621. The molecule has 0 aliphatic carbocycles. The number of carbonyl (C=O) groups is 1. The summed E-state index contributed by atoms with van der Waals surface area (Å²) in [5.41, 5.74) is 6.55. The van der Waals surface area contributed by atoms with Gasteiger partial charge in [0.15, 0.2) is 0 Å². The molecule has 0 radical (unpaired) electrons. The number of halogens is 1. The van der Waals surface area contributed by atoms with E-state index in [1.165, 1.54) is 12.1 Å². The van der Waals surface area contributed by atoms with Crippen molar-refractivity contribution >= 4 is 34.0 Å². The van der Waals surface area contributed by atoms with Gasteiger partial charge in [0.25, 0.3) is 15.9 Å². The van der Waals surface area contributed by atoms with Gasteiger partial charge >= 0.3 is 0 Å². The van der Waals surface area contributed by atoms with E-state index in [2.05, 4.69) is 23.9 Å². The first-order chi connectivity index (χ1) is 12.3. The molecule has 0 saturated carbocycles. The lowest BCUT2D eigenvalue weighted by Crippen LogP contribution is -2.41. The Morgan fingerprint density at radius 1 is 1.04 bits per heavy atom. The van der Waals surface area contributed by atoms with Gasteiger partial charge < -0.3 is 11.1 Å². The van der Waals surface area contributed by atoms with Gasteiger partial charge in [-0.2, -0.15) is 0 Å². The topological polar surface area (TPSA) is 101 Å². The van der Waals surface area contributed by atoms with Gasteiger partial charge in [0.1, 0.15) is 0 Å². The first-order valence-electron chi connectivity index (χ1n) is 8.50. The first kappa shape index (κ1) is 23.0. The SMILES string of the molecule is CC(C)CC(CN)NC(=O)c1ccc(NS(=O)(=O)c2ccccc2)cc1.Cl. The summed E-state index contributed by atoms with van der Waals surface area (Å²) >= 11 is 0. The maximum atomic E-state index is 12.3. The largest absolute Gasteiger partial charge is 0.348 e. The fraction of sp³-hybridized carbons (Fsp3) is 0.316. The van der Waals surface area contributed by atoms with Crippen LogP contribution >= 0.6 is 12.4 Å². The lowest BCUT2D eigenvalue weighted by atomic mass is 10.0. The van der Waals surface area contributed by atoms with Crippen molar-refractivity contribution < 1.29 is 13.2 Å². The van der Waals surface area contributed by atoms with Crippen molar-refractivity contribution in [3.8, 4) is 0 Å². The predicted octanol–water partition coefficient (Wildman–Crippen LogP) is 3.01. The zero-order chi connectivity index (χ0) is 19.2. The fourth-order valence-electron chi connectivity index (χ4n) is 2.56. The molecular weight excluding hydrogens is 386 g/mol. The van der Waals surface area contributed by atoms with E-state index < -0.39 is 10.0 Å². The van der Waals surface area contributed by atoms with Crippen LogP contribution in [0.1, 0.15) is 30.6 Å². The van der Waals surface area contributed by atoms with E-state index in [1.54, 1.807) is 42.5 Å². The number of nitrogens with one attached hydrogen (secondary N) is 2. The highest BCUT2D eigenvalue weighted by Gasteiger charge is 2.16. The van der Waals surface area contributed by atoms with Crippen LogP contribution in [-0.4, -0.2) is 26.9 Å². The van der Waals surface area contributed by atoms with Crippen LogP contribution in [0.25, 0.3) is 0 Å². The van der Waals surface area contributed by atoms with Crippen molar-refractivity contribution in [2.24, 2.45) is 11.7 Å². The smallest absolute Gasteiger partial charge is 0.261 e. The maximum Gasteiger partial charge on any atom is 0.261 e. The summed E-state index contributed by atoms with van der Waals surface area (Å²) in [6, 6.07) is 14.3. The monoisotopic (exact) mass is 411 g/mol. The van der Waals surface area contributed by atoms with Gasteiger partial charge in [0.05, 0.1) is 4.90 Å². The van der Waals surface area contributed by atoms with Gasteiger partial charge in [-0.25, -0.2) is 8.42 Å². The molecular formula is C19H26ClN3O3S. The highest BCUT2D eigenvalue weighted by molar-refractivity contribution is 7.92. The summed E-state index contributed by atoms with van der Waals surface area (Å²) in [7, 11) is -3.65. The molecule has 8 heteroatoms. The standard InChI is InChI=1S/C19H25N3O3S.ClH/c1-14(2)12-17(13-20)21-19(23)15-8-10-16(11-9-15)22-26(24,25)18-6-4-3-5-7-18;/h3-11,14,17,22H,12-13,20H2,1-2H3,(H,21,23);1H. The van der Waals surface area contributed by atoms with E-state index in [0.717, 1.165) is 6.42 Å². The molecule has 2 rings (SSSR count). The molecule has 148 valence electrons. The molecule has 4 N–H and O–H groups in total. The Bertz CT molecular complexity index is 825. The van der Waals surface area contributed by atoms with Gasteiger partial charge in [-0.1, -0.05) is 32.0 Å². The highest BCUT2D eigenvalue weighted by atomic mass is 35.5. The van der Waals surface area contributed by atoms with Crippen LogP contribution in [-0.2, 0) is 10.0 Å². The molecule has 0 saturated heterocycles. The van der Waals surface area contributed by atoms with Gasteiger partial charge in [-0.3, -0.25) is 9.52 Å². The maximum absolute atomic E-state index is 12.3. The minimum absolute atomic E-state index is 0. The minimum atomic E-state index is -3.65. The molecule has 0 heterocycles. The molecule has 1 atom stereocenters. The molecule has 6 nitrogen and oxygen atoms in total. The van der Waals surface area contributed by atoms with E-state index in [0.29, 0.717) is 23.7 Å². The third-order valence-corrected chi connectivity index (χ3v) is 5.23. The molecule has 0 aliphatic heterocycles. The van der Waals surface area contributed by atoms with E-state index in [9.17, 15) is 13.2 Å². The molecule has 0 fully saturated rings. The molecule has 27 heavy (non-hydrogen) atoms. The second-order valence-electron chi connectivity index (χ2n) is 6.53. The number of amides is 1. The van der Waals surface area contributed by atoms with Gasteiger partial charge in [-0.05, 0) is 48.7 Å². The molecule has 0 aliphatic rings. The zero-order valence-electron chi connectivity index (χ0n) is 15.4. The number of nitrogens with two attached hydrogens (primary N) is 1. The molecule has 1 amide bonds. The lowest BCUT2D eigenvalue weighted by Gasteiger charge is -2.19. The summed E-state index contributed by atoms with van der Waals surface area (Å²) in [6.07, 6.45) is 0.803. The molecule has 1 unspecified atom stereocenters. The Labute approximate surface area is 167 Å². The summed E-state index contributed by atoms with van der Waals surface area (Å²) < 4.78 is 27.1. The second-order valence-corrected chi connectivity index (χ2v) is 8.21. The molecule has 2 aromatic rings.